The molecule has 0 spiro atoms. The molecule has 20 heavy (non-hydrogen) atoms. The maximum Gasteiger partial charge on any atom is 0.259 e. The standard InChI is InChI=1S/C16H9FN2O/c1-2-10-9-11(7-8-13(10)17)15-18-14-6-4-3-5-12(14)16(20)19-15/h1,3-9H,(H,18,19,20). The molecule has 3 nitrogen and oxygen atoms in total. The molecule has 96 valence electrons. The number of aromatic nitrogens is 2. The highest BCUT2D eigenvalue weighted by molar-refractivity contribution is 5.79. The van der Waals surface area contributed by atoms with Crippen molar-refractivity contribution < 1.29 is 4.39 Å². The van der Waals surface area contributed by atoms with E-state index in [0.717, 1.165) is 0 Å². The highest BCUT2D eigenvalue weighted by atomic mass is 19.1. The molecule has 3 aromatic rings. The van der Waals surface area contributed by atoms with Crippen molar-refractivity contribution in [3.05, 3.63) is 64.2 Å². The number of benzene rings is 2. The van der Waals surface area contributed by atoms with Crippen molar-refractivity contribution in [3.8, 4) is 23.7 Å². The molecule has 0 saturated carbocycles. The Bertz CT molecular complexity index is 906. The third-order valence-corrected chi connectivity index (χ3v) is 3.01. The Balaban J connectivity index is 2.25. The van der Waals surface area contributed by atoms with E-state index >= 15 is 0 Å². The molecule has 0 aliphatic heterocycles. The van der Waals surface area contributed by atoms with E-state index in [1.54, 1.807) is 24.3 Å². The minimum atomic E-state index is -0.473. The van der Waals surface area contributed by atoms with Gasteiger partial charge in [0.05, 0.1) is 16.5 Å². The zero-order valence-electron chi connectivity index (χ0n) is 10.4. The second-order valence-electron chi connectivity index (χ2n) is 4.27. The number of rotatable bonds is 1. The first-order chi connectivity index (χ1) is 9.69. The molecule has 0 amide bonds. The summed E-state index contributed by atoms with van der Waals surface area (Å²) in [6.45, 7) is 0. The van der Waals surface area contributed by atoms with Crippen LogP contribution in [0.3, 0.4) is 0 Å². The molecular formula is C16H9FN2O. The van der Waals surface area contributed by atoms with Gasteiger partial charge in [-0.25, -0.2) is 9.37 Å². The van der Waals surface area contributed by atoms with Gasteiger partial charge in [-0.2, -0.15) is 0 Å². The van der Waals surface area contributed by atoms with Crippen molar-refractivity contribution >= 4 is 10.9 Å². The van der Waals surface area contributed by atoms with E-state index in [1.807, 2.05) is 0 Å². The molecule has 1 aromatic heterocycles. The second-order valence-corrected chi connectivity index (χ2v) is 4.27. The van der Waals surface area contributed by atoms with E-state index in [-0.39, 0.29) is 11.1 Å². The Morgan fingerprint density at radius 3 is 2.80 bits per heavy atom. The number of terminal acetylenes is 1. The van der Waals surface area contributed by atoms with Gasteiger partial charge in [-0.15, -0.1) is 6.42 Å². The summed E-state index contributed by atoms with van der Waals surface area (Å²) in [6, 6.07) is 11.3. The topological polar surface area (TPSA) is 45.8 Å². The van der Waals surface area contributed by atoms with Crippen LogP contribution in [0.15, 0.2) is 47.3 Å². The molecular weight excluding hydrogens is 255 g/mol. The van der Waals surface area contributed by atoms with Crippen LogP contribution < -0.4 is 5.56 Å². The van der Waals surface area contributed by atoms with Crippen LogP contribution in [0, 0.1) is 18.2 Å². The number of fused-ring (bicyclic) bond motifs is 1. The summed E-state index contributed by atoms with van der Waals surface area (Å²) in [5.41, 5.74) is 1.05. The zero-order valence-corrected chi connectivity index (χ0v) is 10.4. The lowest BCUT2D eigenvalue weighted by Gasteiger charge is -2.04. The molecule has 0 unspecified atom stereocenters. The lowest BCUT2D eigenvalue weighted by Crippen LogP contribution is -2.09. The van der Waals surface area contributed by atoms with E-state index in [9.17, 15) is 9.18 Å². The van der Waals surface area contributed by atoms with E-state index < -0.39 is 5.82 Å². The Morgan fingerprint density at radius 2 is 2.00 bits per heavy atom. The van der Waals surface area contributed by atoms with Gasteiger partial charge in [-0.05, 0) is 30.3 Å². The van der Waals surface area contributed by atoms with Gasteiger partial charge >= 0.3 is 0 Å². The second kappa shape index (κ2) is 4.63. The predicted octanol–water partition coefficient (Wildman–Crippen LogP) is 2.71. The van der Waals surface area contributed by atoms with Crippen molar-refractivity contribution in [2.75, 3.05) is 0 Å². The number of halogens is 1. The minimum absolute atomic E-state index is 0.137. The fraction of sp³-hybridized carbons (Fsp3) is 0. The van der Waals surface area contributed by atoms with Gasteiger partial charge in [-0.3, -0.25) is 4.79 Å². The van der Waals surface area contributed by atoms with Crippen LogP contribution in [0.1, 0.15) is 5.56 Å². The molecule has 4 heteroatoms. The van der Waals surface area contributed by atoms with Crippen molar-refractivity contribution in [2.24, 2.45) is 0 Å². The van der Waals surface area contributed by atoms with Crippen LogP contribution in [0.5, 0.6) is 0 Å². The van der Waals surface area contributed by atoms with E-state index in [0.29, 0.717) is 22.3 Å². The van der Waals surface area contributed by atoms with Crippen LogP contribution in [0.4, 0.5) is 4.39 Å². The average molecular weight is 264 g/mol. The summed E-state index contributed by atoms with van der Waals surface area (Å²) in [5.74, 6) is 2.16. The summed E-state index contributed by atoms with van der Waals surface area (Å²) in [6.07, 6.45) is 5.24. The number of H-pyrrole nitrogens is 1. The van der Waals surface area contributed by atoms with E-state index in [2.05, 4.69) is 15.9 Å². The third kappa shape index (κ3) is 1.95. The number of para-hydroxylation sites is 1. The SMILES string of the molecule is C#Cc1cc(-c2nc3ccccc3c(=O)[nH]2)ccc1F. The Labute approximate surface area is 114 Å². The number of nitrogens with zero attached hydrogens (tertiary/aromatic N) is 1. The first-order valence-electron chi connectivity index (χ1n) is 5.94. The van der Waals surface area contributed by atoms with Gasteiger partial charge in [0.15, 0.2) is 0 Å². The molecule has 0 atom stereocenters. The zero-order chi connectivity index (χ0) is 14.1. The molecule has 0 bridgehead atoms. The molecule has 2 aromatic carbocycles. The number of hydrogen-bond donors (Lipinski definition) is 1. The molecule has 1 heterocycles. The van der Waals surface area contributed by atoms with Crippen molar-refractivity contribution in [1.82, 2.24) is 9.97 Å². The van der Waals surface area contributed by atoms with Gasteiger partial charge in [-0.1, -0.05) is 18.1 Å². The Morgan fingerprint density at radius 1 is 1.20 bits per heavy atom. The van der Waals surface area contributed by atoms with Crippen LogP contribution in [0.2, 0.25) is 0 Å². The smallest absolute Gasteiger partial charge is 0.259 e. The van der Waals surface area contributed by atoms with Gasteiger partial charge in [0.25, 0.3) is 5.56 Å². The number of hydrogen-bond acceptors (Lipinski definition) is 2. The lowest BCUT2D eigenvalue weighted by atomic mass is 10.1. The van der Waals surface area contributed by atoms with Crippen LogP contribution in [0.25, 0.3) is 22.3 Å². The molecule has 0 saturated heterocycles. The fourth-order valence-electron chi connectivity index (χ4n) is 2.01. The summed E-state index contributed by atoms with van der Waals surface area (Å²) < 4.78 is 13.4. The van der Waals surface area contributed by atoms with Crippen molar-refractivity contribution in [3.63, 3.8) is 0 Å². The maximum absolute atomic E-state index is 13.4. The van der Waals surface area contributed by atoms with Crippen LogP contribution in [-0.4, -0.2) is 9.97 Å². The monoisotopic (exact) mass is 264 g/mol. The maximum atomic E-state index is 13.4. The Hall–Kier alpha value is -2.93. The highest BCUT2D eigenvalue weighted by Crippen LogP contribution is 2.19. The van der Waals surface area contributed by atoms with E-state index in [4.69, 9.17) is 6.42 Å². The first kappa shape index (κ1) is 12.1. The van der Waals surface area contributed by atoms with Gasteiger partial charge < -0.3 is 4.98 Å². The predicted molar refractivity (Wildman–Crippen MR) is 75.7 cm³/mol. The summed E-state index contributed by atoms with van der Waals surface area (Å²) in [7, 11) is 0. The van der Waals surface area contributed by atoms with Crippen molar-refractivity contribution in [2.45, 2.75) is 0 Å². The molecule has 0 aliphatic rings. The van der Waals surface area contributed by atoms with Crippen LogP contribution >= 0.6 is 0 Å². The van der Waals surface area contributed by atoms with E-state index in [1.165, 1.54) is 18.2 Å². The van der Waals surface area contributed by atoms with Gasteiger partial charge in [0.1, 0.15) is 11.6 Å². The van der Waals surface area contributed by atoms with Crippen molar-refractivity contribution in [1.29, 1.82) is 0 Å². The molecule has 0 fully saturated rings. The molecule has 0 aliphatic carbocycles. The average Bonchev–Trinajstić information content (AvgIpc) is 2.47. The quantitative estimate of drug-likeness (QED) is 0.687. The summed E-state index contributed by atoms with van der Waals surface area (Å²) in [4.78, 5) is 19.0. The lowest BCUT2D eigenvalue weighted by molar-refractivity contribution is 0.624. The summed E-state index contributed by atoms with van der Waals surface area (Å²) >= 11 is 0. The van der Waals surface area contributed by atoms with Crippen LogP contribution in [-0.2, 0) is 0 Å². The number of nitrogens with one attached hydrogen (secondary N) is 1. The highest BCUT2D eigenvalue weighted by Gasteiger charge is 2.08. The fourth-order valence-corrected chi connectivity index (χ4v) is 2.01. The largest absolute Gasteiger partial charge is 0.306 e. The number of aromatic amines is 1. The normalized spacial score (nSPS) is 10.4. The molecule has 3 rings (SSSR count). The third-order valence-electron chi connectivity index (χ3n) is 3.01. The first-order valence-corrected chi connectivity index (χ1v) is 5.94. The molecule has 0 radical (unpaired) electrons. The minimum Gasteiger partial charge on any atom is -0.306 e. The summed E-state index contributed by atoms with van der Waals surface area (Å²) in [5, 5.41) is 0.510. The Kier molecular flexibility index (Phi) is 2.81. The van der Waals surface area contributed by atoms with Gasteiger partial charge in [0.2, 0.25) is 0 Å². The molecule has 1 N–H and O–H groups in total. The van der Waals surface area contributed by atoms with Gasteiger partial charge in [0, 0.05) is 5.56 Å².